The summed E-state index contributed by atoms with van der Waals surface area (Å²) in [5.41, 5.74) is 12.0. The summed E-state index contributed by atoms with van der Waals surface area (Å²) in [6.45, 7) is 5.68. The highest BCUT2D eigenvalue weighted by Gasteiger charge is 2.21. The Morgan fingerprint density at radius 2 is 1.75 bits per heavy atom. The van der Waals surface area contributed by atoms with Gasteiger partial charge in [-0.25, -0.2) is 4.79 Å². The number of benzene rings is 1. The van der Waals surface area contributed by atoms with E-state index in [0.29, 0.717) is 16.9 Å². The van der Waals surface area contributed by atoms with Crippen molar-refractivity contribution in [1.82, 2.24) is 0 Å². The first-order valence-electron chi connectivity index (χ1n) is 5.23. The second kappa shape index (κ2) is 4.43. The molecule has 0 aliphatic carbocycles. The van der Waals surface area contributed by atoms with Crippen LogP contribution in [0.2, 0.25) is 0 Å². The third-order valence-corrected chi connectivity index (χ3v) is 2.43. The molecule has 0 saturated carbocycles. The fourth-order valence-corrected chi connectivity index (χ4v) is 1.18. The zero-order chi connectivity index (χ0) is 12.3. The minimum absolute atomic E-state index is 0.388. The number of ether oxygens (including phenoxy) is 1. The van der Waals surface area contributed by atoms with Crippen LogP contribution in [0.25, 0.3) is 0 Å². The van der Waals surface area contributed by atoms with Crippen LogP contribution in [-0.2, 0) is 4.74 Å². The summed E-state index contributed by atoms with van der Waals surface area (Å²) in [5.74, 6) is -0.397. The van der Waals surface area contributed by atoms with Crippen molar-refractivity contribution in [3.8, 4) is 0 Å². The lowest BCUT2D eigenvalue weighted by molar-refractivity contribution is -0.00242. The molecule has 0 aliphatic rings. The van der Waals surface area contributed by atoms with Crippen molar-refractivity contribution >= 4 is 17.3 Å². The van der Waals surface area contributed by atoms with Crippen LogP contribution in [0.3, 0.4) is 0 Å². The van der Waals surface area contributed by atoms with E-state index in [1.807, 2.05) is 20.8 Å². The zero-order valence-electron chi connectivity index (χ0n) is 9.91. The predicted octanol–water partition coefficient (Wildman–Crippen LogP) is 2.20. The average Bonchev–Trinajstić information content (AvgIpc) is 2.15. The molecule has 4 nitrogen and oxygen atoms in total. The van der Waals surface area contributed by atoms with E-state index < -0.39 is 11.6 Å². The molecular formula is C12H18N2O2. The van der Waals surface area contributed by atoms with E-state index in [0.717, 1.165) is 6.42 Å². The number of hydrogen-bond acceptors (Lipinski definition) is 4. The molecular weight excluding hydrogens is 204 g/mol. The maximum Gasteiger partial charge on any atom is 0.338 e. The largest absolute Gasteiger partial charge is 0.456 e. The number of hydrogen-bond donors (Lipinski definition) is 2. The summed E-state index contributed by atoms with van der Waals surface area (Å²) < 4.78 is 5.33. The Kier molecular flexibility index (Phi) is 3.42. The van der Waals surface area contributed by atoms with Gasteiger partial charge in [-0.1, -0.05) is 6.92 Å². The highest BCUT2D eigenvalue weighted by atomic mass is 16.6. The van der Waals surface area contributed by atoms with E-state index in [4.69, 9.17) is 16.2 Å². The maximum atomic E-state index is 11.8. The molecule has 88 valence electrons. The highest BCUT2D eigenvalue weighted by molar-refractivity contribution is 5.92. The van der Waals surface area contributed by atoms with Gasteiger partial charge in [0.15, 0.2) is 0 Å². The van der Waals surface area contributed by atoms with Crippen LogP contribution < -0.4 is 11.5 Å². The zero-order valence-corrected chi connectivity index (χ0v) is 9.91. The number of esters is 1. The van der Waals surface area contributed by atoms with Crippen molar-refractivity contribution in [2.45, 2.75) is 32.8 Å². The molecule has 0 atom stereocenters. The molecule has 0 bridgehead atoms. The Morgan fingerprint density at radius 1 is 1.25 bits per heavy atom. The molecule has 0 unspecified atom stereocenters. The second-order valence-corrected chi connectivity index (χ2v) is 4.39. The van der Waals surface area contributed by atoms with E-state index in [9.17, 15) is 4.79 Å². The summed E-state index contributed by atoms with van der Waals surface area (Å²) in [4.78, 5) is 11.8. The number of carbonyl (C=O) groups excluding carboxylic acids is 1. The molecule has 1 rings (SSSR count). The van der Waals surface area contributed by atoms with Crippen LogP contribution in [0.1, 0.15) is 37.6 Å². The molecule has 0 aliphatic heterocycles. The Bertz CT molecular complexity index is 380. The summed E-state index contributed by atoms with van der Waals surface area (Å²) in [5, 5.41) is 0. The third kappa shape index (κ3) is 3.15. The summed E-state index contributed by atoms with van der Waals surface area (Å²) in [7, 11) is 0. The van der Waals surface area contributed by atoms with E-state index >= 15 is 0 Å². The van der Waals surface area contributed by atoms with Crippen LogP contribution in [0, 0.1) is 0 Å². The van der Waals surface area contributed by atoms with Crippen LogP contribution >= 0.6 is 0 Å². The molecule has 4 N–H and O–H groups in total. The molecule has 0 radical (unpaired) electrons. The Balaban J connectivity index is 2.89. The summed E-state index contributed by atoms with van der Waals surface area (Å²) >= 11 is 0. The number of carbonyl (C=O) groups is 1. The van der Waals surface area contributed by atoms with Crippen LogP contribution in [0.15, 0.2) is 18.2 Å². The summed E-state index contributed by atoms with van der Waals surface area (Å²) in [6, 6.07) is 4.72. The van der Waals surface area contributed by atoms with Gasteiger partial charge in [-0.2, -0.15) is 0 Å². The maximum absolute atomic E-state index is 11.8. The van der Waals surface area contributed by atoms with Crippen molar-refractivity contribution in [2.75, 3.05) is 11.5 Å². The van der Waals surface area contributed by atoms with Gasteiger partial charge in [0.05, 0.1) is 5.56 Å². The van der Waals surface area contributed by atoms with Crippen molar-refractivity contribution in [2.24, 2.45) is 0 Å². The van der Waals surface area contributed by atoms with Crippen LogP contribution in [-0.4, -0.2) is 11.6 Å². The van der Waals surface area contributed by atoms with Crippen molar-refractivity contribution in [3.63, 3.8) is 0 Å². The van der Waals surface area contributed by atoms with Gasteiger partial charge in [0.1, 0.15) is 5.60 Å². The number of nitrogens with two attached hydrogens (primary N) is 2. The minimum Gasteiger partial charge on any atom is -0.456 e. The first kappa shape index (κ1) is 12.4. The van der Waals surface area contributed by atoms with Gasteiger partial charge >= 0.3 is 5.97 Å². The second-order valence-electron chi connectivity index (χ2n) is 4.39. The molecule has 0 saturated heterocycles. The fraction of sp³-hybridized carbons (Fsp3) is 0.417. The van der Waals surface area contributed by atoms with Gasteiger partial charge in [0.25, 0.3) is 0 Å². The molecule has 0 amide bonds. The third-order valence-electron chi connectivity index (χ3n) is 2.43. The Labute approximate surface area is 95.6 Å². The quantitative estimate of drug-likeness (QED) is 0.607. The van der Waals surface area contributed by atoms with Crippen molar-refractivity contribution in [3.05, 3.63) is 23.8 Å². The first-order valence-corrected chi connectivity index (χ1v) is 5.23. The van der Waals surface area contributed by atoms with E-state index in [1.54, 1.807) is 18.2 Å². The minimum atomic E-state index is -0.476. The van der Waals surface area contributed by atoms with Gasteiger partial charge in [-0.3, -0.25) is 0 Å². The van der Waals surface area contributed by atoms with Crippen molar-refractivity contribution in [1.29, 1.82) is 0 Å². The highest BCUT2D eigenvalue weighted by Crippen LogP contribution is 2.19. The van der Waals surface area contributed by atoms with Crippen molar-refractivity contribution < 1.29 is 9.53 Å². The van der Waals surface area contributed by atoms with E-state index in [1.165, 1.54) is 0 Å². The molecule has 1 aromatic rings. The number of nitrogen functional groups attached to an aromatic ring is 2. The SMILES string of the molecule is CCC(C)(C)OC(=O)c1cc(N)cc(N)c1. The van der Waals surface area contributed by atoms with Gasteiger partial charge in [0.2, 0.25) is 0 Å². The molecule has 0 fully saturated rings. The van der Waals surface area contributed by atoms with Gasteiger partial charge in [-0.05, 0) is 38.5 Å². The average molecular weight is 222 g/mol. The molecule has 0 aromatic heterocycles. The summed E-state index contributed by atoms with van der Waals surface area (Å²) in [6.07, 6.45) is 0.747. The molecule has 0 spiro atoms. The monoisotopic (exact) mass is 222 g/mol. The van der Waals surface area contributed by atoms with Crippen LogP contribution in [0.4, 0.5) is 11.4 Å². The molecule has 1 aromatic carbocycles. The smallest absolute Gasteiger partial charge is 0.338 e. The first-order chi connectivity index (χ1) is 7.34. The normalized spacial score (nSPS) is 11.2. The standard InChI is InChI=1S/C12H18N2O2/c1-4-12(2,3)16-11(15)8-5-9(13)7-10(14)6-8/h5-7H,4,13-14H2,1-3H3. The lowest BCUT2D eigenvalue weighted by atomic mass is 10.1. The topological polar surface area (TPSA) is 78.3 Å². The molecule has 16 heavy (non-hydrogen) atoms. The van der Waals surface area contributed by atoms with Gasteiger partial charge in [0, 0.05) is 11.4 Å². The Hall–Kier alpha value is -1.71. The number of rotatable bonds is 3. The van der Waals surface area contributed by atoms with Crippen LogP contribution in [0.5, 0.6) is 0 Å². The Morgan fingerprint density at radius 3 is 2.19 bits per heavy atom. The lowest BCUT2D eigenvalue weighted by Gasteiger charge is -2.23. The fourth-order valence-electron chi connectivity index (χ4n) is 1.18. The van der Waals surface area contributed by atoms with Gasteiger partial charge < -0.3 is 16.2 Å². The number of anilines is 2. The lowest BCUT2D eigenvalue weighted by Crippen LogP contribution is -2.27. The van der Waals surface area contributed by atoms with E-state index in [-0.39, 0.29) is 0 Å². The van der Waals surface area contributed by atoms with Gasteiger partial charge in [-0.15, -0.1) is 0 Å². The molecule has 0 heterocycles. The van der Waals surface area contributed by atoms with E-state index in [2.05, 4.69) is 0 Å². The predicted molar refractivity (Wildman–Crippen MR) is 65.1 cm³/mol. The molecule has 4 heteroatoms.